The molecule has 0 bridgehead atoms. The number of benzene rings is 1. The predicted octanol–water partition coefficient (Wildman–Crippen LogP) is 2.54. The lowest BCUT2D eigenvalue weighted by Gasteiger charge is -2.30. The van der Waals surface area contributed by atoms with Crippen LogP contribution in [0.4, 0.5) is 5.82 Å². The van der Waals surface area contributed by atoms with Crippen molar-refractivity contribution in [1.82, 2.24) is 19.8 Å². The smallest absolute Gasteiger partial charge is 0.414 e. The molecule has 0 amide bonds. The molecule has 1 aromatic heterocycles. The second-order valence-corrected chi connectivity index (χ2v) is 9.05. The van der Waals surface area contributed by atoms with E-state index in [9.17, 15) is 14.9 Å². The van der Waals surface area contributed by atoms with Gasteiger partial charge in [0.2, 0.25) is 0 Å². The highest BCUT2D eigenvalue weighted by Gasteiger charge is 2.26. The Balaban J connectivity index is 0.000000211. The number of hydrogen-bond acceptors (Lipinski definition) is 9. The van der Waals surface area contributed by atoms with Gasteiger partial charge in [-0.1, -0.05) is 13.8 Å². The van der Waals surface area contributed by atoms with Crippen molar-refractivity contribution in [3.63, 3.8) is 0 Å². The Bertz CT molecular complexity index is 940. The van der Waals surface area contributed by atoms with Crippen LogP contribution < -0.4 is 19.5 Å². The Hall–Kier alpha value is -3.18. The molecule has 0 saturated carbocycles. The van der Waals surface area contributed by atoms with Crippen molar-refractivity contribution in [1.29, 1.82) is 0 Å². The molecule has 0 aliphatic carbocycles. The van der Waals surface area contributed by atoms with Crippen molar-refractivity contribution < 1.29 is 23.9 Å². The van der Waals surface area contributed by atoms with E-state index in [4.69, 9.17) is 14.2 Å². The number of hydrogen-bond donors (Lipinski definition) is 1. The van der Waals surface area contributed by atoms with Gasteiger partial charge in [0.25, 0.3) is 0 Å². The van der Waals surface area contributed by atoms with E-state index in [0.717, 1.165) is 50.3 Å². The van der Waals surface area contributed by atoms with Gasteiger partial charge in [-0.15, -0.1) is 0 Å². The Kier molecular flexibility index (Phi) is 9.86. The van der Waals surface area contributed by atoms with Crippen LogP contribution in [0.5, 0.6) is 17.5 Å². The first-order chi connectivity index (χ1) is 16.9. The summed E-state index contributed by atoms with van der Waals surface area (Å²) in [7, 11) is 1.82. The zero-order valence-electron chi connectivity index (χ0n) is 20.6. The number of nitrogens with one attached hydrogen (secondary N) is 1. The van der Waals surface area contributed by atoms with Gasteiger partial charge in [0.05, 0.1) is 19.2 Å². The molecule has 4 rings (SSSR count). The molecule has 1 aromatic carbocycles. The number of aromatic nitrogens is 2. The molecule has 0 spiro atoms. The summed E-state index contributed by atoms with van der Waals surface area (Å²) in [6, 6.07) is 8.35. The van der Waals surface area contributed by atoms with Gasteiger partial charge in [0.1, 0.15) is 36.7 Å². The van der Waals surface area contributed by atoms with Crippen LogP contribution in [0.1, 0.15) is 26.7 Å². The van der Waals surface area contributed by atoms with Crippen molar-refractivity contribution in [2.24, 2.45) is 5.92 Å². The third-order valence-corrected chi connectivity index (χ3v) is 5.73. The molecule has 1 N–H and O–H groups in total. The average Bonchev–Trinajstić information content (AvgIpc) is 3.29. The van der Waals surface area contributed by atoms with Gasteiger partial charge in [-0.3, -0.25) is 9.47 Å². The van der Waals surface area contributed by atoms with Gasteiger partial charge in [-0.2, -0.15) is 0 Å². The zero-order valence-corrected chi connectivity index (χ0v) is 20.6. The minimum Gasteiger partial charge on any atom is -0.493 e. The van der Waals surface area contributed by atoms with E-state index in [-0.39, 0.29) is 18.0 Å². The van der Waals surface area contributed by atoms with Crippen LogP contribution in [0.15, 0.2) is 30.5 Å². The third kappa shape index (κ3) is 8.22. The van der Waals surface area contributed by atoms with Crippen LogP contribution in [-0.4, -0.2) is 77.7 Å². The number of nitro groups is 1. The van der Waals surface area contributed by atoms with Gasteiger partial charge in [0.15, 0.2) is 0 Å². The Morgan fingerprint density at radius 2 is 1.94 bits per heavy atom. The topological polar surface area (TPSA) is 121 Å². The molecule has 2 aromatic rings. The van der Waals surface area contributed by atoms with Gasteiger partial charge >= 0.3 is 11.8 Å². The highest BCUT2D eigenvalue weighted by Crippen LogP contribution is 2.23. The minimum absolute atomic E-state index is 0.170. The fraction of sp³-hybridized carbons (Fsp3) is 0.583. The molecule has 2 aliphatic heterocycles. The molecular weight excluding hydrogens is 454 g/mol. The lowest BCUT2D eigenvalue weighted by atomic mass is 10.1. The average molecular weight is 490 g/mol. The number of rotatable bonds is 9. The maximum absolute atomic E-state index is 10.5. The Morgan fingerprint density at radius 1 is 1.26 bits per heavy atom. The van der Waals surface area contributed by atoms with Crippen molar-refractivity contribution in [2.75, 3.05) is 39.9 Å². The van der Waals surface area contributed by atoms with Gasteiger partial charge in [-0.25, -0.2) is 0 Å². The molecule has 11 nitrogen and oxygen atoms in total. The molecule has 2 aliphatic rings. The lowest BCUT2D eigenvalue weighted by molar-refractivity contribution is -0.389. The standard InChI is InChI=1S/C17H25NO3.C7H10N4O3/c1-14(2)13-20-15-3-5-16(6-4-15)21-17-7-9-18(10-8-17)11-12-19;1-8-5-2-10-3-6(11(12)13)9-7(10)14-4-5/h3-6,12,14,17H,7-11,13H2,1-2H3;3,5,8H,2,4H2,1H3. The molecule has 192 valence electrons. The van der Waals surface area contributed by atoms with Crippen molar-refractivity contribution in [3.05, 3.63) is 40.6 Å². The van der Waals surface area contributed by atoms with E-state index in [1.54, 1.807) is 4.57 Å². The number of nitrogens with zero attached hydrogens (tertiary/aromatic N) is 4. The number of carbonyl (C=O) groups is 1. The number of piperidine rings is 1. The molecule has 1 saturated heterocycles. The van der Waals surface area contributed by atoms with Crippen LogP contribution >= 0.6 is 0 Å². The van der Waals surface area contributed by atoms with E-state index in [2.05, 4.69) is 29.0 Å². The quantitative estimate of drug-likeness (QED) is 0.322. The summed E-state index contributed by atoms with van der Waals surface area (Å²) >= 11 is 0. The van der Waals surface area contributed by atoms with Crippen molar-refractivity contribution >= 4 is 12.1 Å². The van der Waals surface area contributed by atoms with Crippen molar-refractivity contribution in [3.8, 4) is 17.5 Å². The summed E-state index contributed by atoms with van der Waals surface area (Å²) in [6.07, 6.45) is 4.55. The van der Waals surface area contributed by atoms with Crippen LogP contribution in [-0.2, 0) is 11.3 Å². The molecule has 3 heterocycles. The summed E-state index contributed by atoms with van der Waals surface area (Å²) in [5.74, 6) is 2.13. The molecule has 1 atom stereocenters. The Labute approximate surface area is 205 Å². The summed E-state index contributed by atoms with van der Waals surface area (Å²) in [6.45, 7) is 8.53. The summed E-state index contributed by atoms with van der Waals surface area (Å²) in [4.78, 5) is 26.3. The first-order valence-corrected chi connectivity index (χ1v) is 11.9. The summed E-state index contributed by atoms with van der Waals surface area (Å²) in [5.41, 5.74) is 0. The Morgan fingerprint density at radius 3 is 2.54 bits per heavy atom. The fourth-order valence-electron chi connectivity index (χ4n) is 3.74. The van der Waals surface area contributed by atoms with E-state index in [1.807, 2.05) is 31.3 Å². The molecule has 0 radical (unpaired) electrons. The van der Waals surface area contributed by atoms with Crippen molar-refractivity contribution in [2.45, 2.75) is 45.4 Å². The number of aldehydes is 1. The van der Waals surface area contributed by atoms with E-state index in [1.165, 1.54) is 6.20 Å². The second-order valence-electron chi connectivity index (χ2n) is 9.05. The minimum atomic E-state index is -0.525. The summed E-state index contributed by atoms with van der Waals surface area (Å²) in [5, 5.41) is 13.5. The normalized spacial score (nSPS) is 18.1. The predicted molar refractivity (Wildman–Crippen MR) is 130 cm³/mol. The number of fused-ring (bicyclic) bond motifs is 1. The van der Waals surface area contributed by atoms with Crippen LogP contribution in [0.25, 0.3) is 0 Å². The monoisotopic (exact) mass is 489 g/mol. The number of likely N-dealkylation sites (tertiary alicyclic amines) is 1. The molecule has 11 heteroatoms. The molecular formula is C24H35N5O6. The molecule has 35 heavy (non-hydrogen) atoms. The summed E-state index contributed by atoms with van der Waals surface area (Å²) < 4.78 is 18.5. The lowest BCUT2D eigenvalue weighted by Crippen LogP contribution is -2.39. The maximum Gasteiger partial charge on any atom is 0.414 e. The number of ether oxygens (including phenoxy) is 3. The van der Waals surface area contributed by atoms with Gasteiger partial charge in [0, 0.05) is 24.6 Å². The second kappa shape index (κ2) is 13.1. The van der Waals surface area contributed by atoms with Crippen LogP contribution in [0.3, 0.4) is 0 Å². The van der Waals surface area contributed by atoms with Gasteiger partial charge < -0.3 is 34.4 Å². The number of likely N-dealkylation sites (N-methyl/N-ethyl adjacent to an activating group) is 1. The largest absolute Gasteiger partial charge is 0.493 e. The van der Waals surface area contributed by atoms with Crippen LogP contribution in [0.2, 0.25) is 0 Å². The number of imidazole rings is 1. The first kappa shape index (κ1) is 26.4. The maximum atomic E-state index is 10.5. The highest BCUT2D eigenvalue weighted by molar-refractivity contribution is 5.51. The fourth-order valence-corrected chi connectivity index (χ4v) is 3.74. The highest BCUT2D eigenvalue weighted by atomic mass is 16.6. The van der Waals surface area contributed by atoms with Crippen LogP contribution in [0, 0.1) is 16.0 Å². The SMILES string of the molecule is CC(C)COc1ccc(OC2CCN(CC=O)CC2)cc1.CNC1COc2nc([N+](=O)[O-])cn2C1. The van der Waals surface area contributed by atoms with E-state index >= 15 is 0 Å². The first-order valence-electron chi connectivity index (χ1n) is 11.9. The number of carbonyl (C=O) groups excluding carboxylic acids is 1. The van der Waals surface area contributed by atoms with E-state index in [0.29, 0.717) is 31.6 Å². The molecule has 1 fully saturated rings. The van der Waals surface area contributed by atoms with Gasteiger partial charge in [-0.05, 0) is 55.0 Å². The molecule has 1 unspecified atom stereocenters. The zero-order chi connectivity index (χ0) is 25.2. The third-order valence-electron chi connectivity index (χ3n) is 5.73. The van der Waals surface area contributed by atoms with E-state index < -0.39 is 4.92 Å².